The van der Waals surface area contributed by atoms with Crippen molar-refractivity contribution in [3.8, 4) is 22.3 Å². The summed E-state index contributed by atoms with van der Waals surface area (Å²) in [6.07, 6.45) is 0. The van der Waals surface area contributed by atoms with Gasteiger partial charge in [-0.05, 0) is 112 Å². The fourth-order valence-corrected chi connectivity index (χ4v) is 7.88. The first-order valence-electron chi connectivity index (χ1n) is 16.0. The molecule has 10 aromatic carbocycles. The highest BCUT2D eigenvalue weighted by Crippen LogP contribution is 2.49. The third kappa shape index (κ3) is 3.76. The highest BCUT2D eigenvalue weighted by molar-refractivity contribution is 6.35. The van der Waals surface area contributed by atoms with Crippen LogP contribution in [0.4, 0.5) is 4.39 Å². The Kier molecular flexibility index (Phi) is 5.47. The van der Waals surface area contributed by atoms with Crippen LogP contribution in [0, 0.1) is 17.9 Å². The number of rotatable bonds is 2. The van der Waals surface area contributed by atoms with Gasteiger partial charge >= 0.3 is 0 Å². The van der Waals surface area contributed by atoms with E-state index >= 15 is 4.39 Å². The number of hydrogen-bond acceptors (Lipinski definition) is 0. The van der Waals surface area contributed by atoms with Crippen molar-refractivity contribution in [2.75, 3.05) is 0 Å². The number of halogens is 1. The molecule has 0 aromatic heterocycles. The van der Waals surface area contributed by atoms with Crippen LogP contribution in [0.5, 0.6) is 0 Å². The Labute approximate surface area is 270 Å². The topological polar surface area (TPSA) is 0 Å². The van der Waals surface area contributed by atoms with Crippen molar-refractivity contribution >= 4 is 75.4 Å². The molecule has 0 aliphatic rings. The van der Waals surface area contributed by atoms with Crippen LogP contribution < -0.4 is 0 Å². The Hall–Kier alpha value is -6.23. The lowest BCUT2D eigenvalue weighted by Gasteiger charge is -2.18. The highest BCUT2D eigenvalue weighted by Gasteiger charge is 2.21. The van der Waals surface area contributed by atoms with Gasteiger partial charge in [-0.3, -0.25) is 0 Å². The molecular weight excluding hydrogens is 572 g/mol. The third-order valence-corrected chi connectivity index (χ3v) is 9.88. The van der Waals surface area contributed by atoms with Crippen LogP contribution in [0.3, 0.4) is 0 Å². The number of benzene rings is 7. The van der Waals surface area contributed by atoms with Gasteiger partial charge in [-0.2, -0.15) is 0 Å². The van der Waals surface area contributed by atoms with Gasteiger partial charge in [-0.25, -0.2) is 4.39 Å². The van der Waals surface area contributed by atoms with E-state index in [2.05, 4.69) is 140 Å². The van der Waals surface area contributed by atoms with E-state index in [4.69, 9.17) is 0 Å². The summed E-state index contributed by atoms with van der Waals surface area (Å²) in [5.41, 5.74) is 4.65. The summed E-state index contributed by atoms with van der Waals surface area (Å²) in [6, 6.07) is 59.9. The average Bonchev–Trinajstić information content (AvgIpc) is 3.46. The maximum absolute atomic E-state index is 15.2. The van der Waals surface area contributed by atoms with Crippen LogP contribution in [-0.4, -0.2) is 0 Å². The van der Waals surface area contributed by atoms with E-state index < -0.39 is 0 Å². The lowest BCUT2D eigenvalue weighted by molar-refractivity contribution is 0.640. The summed E-state index contributed by atoms with van der Waals surface area (Å²) < 4.78 is 15.2. The van der Waals surface area contributed by atoms with E-state index in [9.17, 15) is 0 Å². The van der Waals surface area contributed by atoms with Crippen LogP contribution in [0.2, 0.25) is 0 Å². The molecule has 0 fully saturated rings. The van der Waals surface area contributed by atoms with Gasteiger partial charge in [0.05, 0.1) is 0 Å². The number of hydrogen-bond donors (Lipinski definition) is 0. The Morgan fingerprint density at radius 2 is 1.00 bits per heavy atom. The molecule has 0 nitrogen and oxygen atoms in total. The molecule has 1 heteroatoms. The molecule has 0 amide bonds. The van der Waals surface area contributed by atoms with Crippen molar-refractivity contribution in [3.05, 3.63) is 170 Å². The highest BCUT2D eigenvalue weighted by atomic mass is 19.1. The average molecular weight is 597 g/mol. The van der Waals surface area contributed by atoms with Crippen molar-refractivity contribution in [1.82, 2.24) is 0 Å². The van der Waals surface area contributed by atoms with E-state index in [0.29, 0.717) is 5.39 Å². The second-order valence-corrected chi connectivity index (χ2v) is 12.4. The van der Waals surface area contributed by atoms with Crippen molar-refractivity contribution < 1.29 is 4.39 Å². The maximum atomic E-state index is 15.2. The molecule has 47 heavy (non-hydrogen) atoms. The summed E-state index contributed by atoms with van der Waals surface area (Å²) in [7, 11) is 0. The van der Waals surface area contributed by atoms with Crippen LogP contribution in [0.25, 0.3) is 97.7 Å². The minimum Gasteiger partial charge on any atom is -0.206 e. The molecule has 0 radical (unpaired) electrons. The Morgan fingerprint density at radius 1 is 0.383 bits per heavy atom. The molecule has 2 bridgehead atoms. The van der Waals surface area contributed by atoms with Crippen molar-refractivity contribution in [3.63, 3.8) is 0 Å². The van der Waals surface area contributed by atoms with Crippen molar-refractivity contribution in [2.45, 2.75) is 0 Å². The Bertz CT molecular complexity index is 2890. The largest absolute Gasteiger partial charge is 0.206 e. The summed E-state index contributed by atoms with van der Waals surface area (Å²) in [4.78, 5) is 0. The molecule has 0 saturated heterocycles. The molecule has 0 saturated carbocycles. The van der Waals surface area contributed by atoms with Gasteiger partial charge < -0.3 is 0 Å². The minimum atomic E-state index is -0.185. The van der Waals surface area contributed by atoms with Gasteiger partial charge in [0.1, 0.15) is 5.82 Å². The predicted molar refractivity (Wildman–Crippen MR) is 197 cm³/mol. The molecule has 0 atom stereocenters. The standard InChI is InChI=1S/C46H25F/c47-42-24-23-35-39-27-41-40(26-38(39)34-19-10-20-36(42)46(34)35)43(29-12-3-1-4-13-29)37-22-21-28-11-7-8-18-33(28)31-16-9-17-32(25-31)45(37)44(41)30-14-5-2-6-15-30/h1-8,10-15,17-27H. The second kappa shape index (κ2) is 9.88. The molecule has 0 heterocycles. The minimum absolute atomic E-state index is 0.185. The van der Waals surface area contributed by atoms with Gasteiger partial charge in [-0.1, -0.05) is 133 Å². The van der Waals surface area contributed by atoms with Gasteiger partial charge in [0, 0.05) is 16.2 Å². The molecule has 0 spiro atoms. The van der Waals surface area contributed by atoms with E-state index in [1.807, 2.05) is 18.2 Å². The van der Waals surface area contributed by atoms with Crippen LogP contribution in [0.15, 0.2) is 152 Å². The fraction of sp³-hybridized carbons (Fsp3) is 0. The summed E-state index contributed by atoms with van der Waals surface area (Å²) >= 11 is 0. The van der Waals surface area contributed by atoms with Gasteiger partial charge in [0.2, 0.25) is 0 Å². The second-order valence-electron chi connectivity index (χ2n) is 12.4. The molecule has 10 rings (SSSR count). The SMILES string of the molecule is Fc1ccc2c3cc4c(-c5ccccc5)c5c6cc#cc(c6)c6ccccc6ccc5c(-c5ccccc5)c4cc3c3cccc1c32. The van der Waals surface area contributed by atoms with Gasteiger partial charge in [0.25, 0.3) is 0 Å². The molecule has 0 unspecified atom stereocenters. The zero-order chi connectivity index (χ0) is 31.1. The molecule has 216 valence electrons. The first-order chi connectivity index (χ1) is 23.2. The van der Waals surface area contributed by atoms with Crippen molar-refractivity contribution in [2.24, 2.45) is 0 Å². The molecule has 0 N–H and O–H groups in total. The smallest absolute Gasteiger partial charge is 0.131 e. The normalized spacial score (nSPS) is 11.8. The summed E-state index contributed by atoms with van der Waals surface area (Å²) in [5.74, 6) is -0.185. The monoisotopic (exact) mass is 596 g/mol. The zero-order valence-electron chi connectivity index (χ0n) is 25.3. The first-order valence-corrected chi connectivity index (χ1v) is 16.0. The molecular formula is C46H25F. The molecule has 0 aliphatic heterocycles. The van der Waals surface area contributed by atoms with Gasteiger partial charge in [-0.15, -0.1) is 0 Å². The van der Waals surface area contributed by atoms with Gasteiger partial charge in [0.15, 0.2) is 0 Å². The van der Waals surface area contributed by atoms with Crippen LogP contribution >= 0.6 is 0 Å². The fourth-order valence-electron chi connectivity index (χ4n) is 7.88. The summed E-state index contributed by atoms with van der Waals surface area (Å²) in [5, 5.41) is 15.2. The van der Waals surface area contributed by atoms with Crippen molar-refractivity contribution in [1.29, 1.82) is 0 Å². The lowest BCUT2D eigenvalue weighted by atomic mass is 9.84. The van der Waals surface area contributed by atoms with Crippen LogP contribution in [0.1, 0.15) is 0 Å². The van der Waals surface area contributed by atoms with Crippen LogP contribution in [-0.2, 0) is 0 Å². The summed E-state index contributed by atoms with van der Waals surface area (Å²) in [6.45, 7) is 0. The van der Waals surface area contributed by atoms with E-state index in [0.717, 1.165) is 75.8 Å². The van der Waals surface area contributed by atoms with E-state index in [1.165, 1.54) is 16.5 Å². The maximum Gasteiger partial charge on any atom is 0.131 e. The quantitative estimate of drug-likeness (QED) is 0.186. The van der Waals surface area contributed by atoms with E-state index in [1.54, 1.807) is 6.07 Å². The van der Waals surface area contributed by atoms with E-state index in [-0.39, 0.29) is 5.82 Å². The predicted octanol–water partition coefficient (Wildman–Crippen LogP) is 12.8. The Balaban J connectivity index is 1.55. The lowest BCUT2D eigenvalue weighted by Crippen LogP contribution is -1.91. The zero-order valence-corrected chi connectivity index (χ0v) is 25.3. The molecule has 0 aliphatic carbocycles. The third-order valence-electron chi connectivity index (χ3n) is 9.88. The molecule has 10 aromatic rings. The number of fused-ring (bicyclic) bond motifs is 10. The first kappa shape index (κ1) is 26.0. The Morgan fingerprint density at radius 3 is 1.79 bits per heavy atom.